The lowest BCUT2D eigenvalue weighted by Crippen LogP contribution is -2.20. The Labute approximate surface area is 113 Å². The molecule has 2 aromatic carbocycles. The van der Waals surface area contributed by atoms with E-state index in [0.717, 1.165) is 16.7 Å². The Balaban J connectivity index is 1.94. The molecule has 0 aliphatic rings. The molecule has 0 aliphatic heterocycles. The first-order valence-corrected chi connectivity index (χ1v) is 6.15. The average molecular weight is 249 g/mol. The molecule has 0 heterocycles. The van der Waals surface area contributed by atoms with Crippen LogP contribution < -0.4 is 5.32 Å². The van der Waals surface area contributed by atoms with Crippen molar-refractivity contribution >= 4 is 5.91 Å². The fourth-order valence-corrected chi connectivity index (χ4v) is 1.66. The van der Waals surface area contributed by atoms with Crippen LogP contribution in [0.15, 0.2) is 54.6 Å². The molecule has 0 fully saturated rings. The Morgan fingerprint density at radius 2 is 1.74 bits per heavy atom. The predicted molar refractivity (Wildman–Crippen MR) is 76.3 cm³/mol. The van der Waals surface area contributed by atoms with Gasteiger partial charge in [0.2, 0.25) is 0 Å². The van der Waals surface area contributed by atoms with Gasteiger partial charge in [-0.25, -0.2) is 0 Å². The van der Waals surface area contributed by atoms with Crippen molar-refractivity contribution in [1.82, 2.24) is 5.32 Å². The number of hydrogen-bond donors (Lipinski definition) is 1. The van der Waals surface area contributed by atoms with Gasteiger partial charge in [-0.05, 0) is 24.1 Å². The molecular weight excluding hydrogens is 234 g/mol. The van der Waals surface area contributed by atoms with Crippen molar-refractivity contribution in [2.75, 3.05) is 0 Å². The average Bonchev–Trinajstić information content (AvgIpc) is 2.45. The van der Waals surface area contributed by atoms with Crippen LogP contribution in [0.25, 0.3) is 0 Å². The smallest absolute Gasteiger partial charge is 0.296 e. The van der Waals surface area contributed by atoms with Crippen LogP contribution in [0.2, 0.25) is 0 Å². The van der Waals surface area contributed by atoms with Gasteiger partial charge in [-0.15, -0.1) is 0 Å². The Hall–Kier alpha value is -2.53. The third kappa shape index (κ3) is 4.01. The summed E-state index contributed by atoms with van der Waals surface area (Å²) in [7, 11) is 0. The van der Waals surface area contributed by atoms with E-state index in [0.29, 0.717) is 6.54 Å². The Morgan fingerprint density at radius 3 is 2.47 bits per heavy atom. The van der Waals surface area contributed by atoms with Crippen LogP contribution in [0.4, 0.5) is 0 Å². The summed E-state index contributed by atoms with van der Waals surface area (Å²) in [6.07, 6.45) is 0. The highest BCUT2D eigenvalue weighted by Gasteiger charge is 1.96. The van der Waals surface area contributed by atoms with Crippen LogP contribution >= 0.6 is 0 Å². The molecule has 0 saturated carbocycles. The molecule has 0 saturated heterocycles. The molecule has 0 bridgehead atoms. The minimum atomic E-state index is -0.257. The van der Waals surface area contributed by atoms with E-state index in [1.54, 1.807) is 0 Å². The quantitative estimate of drug-likeness (QED) is 0.815. The topological polar surface area (TPSA) is 29.1 Å². The van der Waals surface area contributed by atoms with Crippen LogP contribution in [0, 0.1) is 18.8 Å². The van der Waals surface area contributed by atoms with E-state index in [1.807, 2.05) is 61.5 Å². The summed E-state index contributed by atoms with van der Waals surface area (Å²) in [5.74, 6) is 5.24. The van der Waals surface area contributed by atoms with Gasteiger partial charge in [0.15, 0.2) is 0 Å². The molecule has 0 unspecified atom stereocenters. The van der Waals surface area contributed by atoms with Gasteiger partial charge in [-0.2, -0.15) is 0 Å². The van der Waals surface area contributed by atoms with Crippen molar-refractivity contribution in [1.29, 1.82) is 0 Å². The number of aryl methyl sites for hydroxylation is 1. The zero-order valence-corrected chi connectivity index (χ0v) is 10.8. The normalized spacial score (nSPS) is 9.32. The minimum Gasteiger partial charge on any atom is -0.341 e. The Kier molecular flexibility index (Phi) is 4.36. The largest absolute Gasteiger partial charge is 0.341 e. The first kappa shape index (κ1) is 12.9. The van der Waals surface area contributed by atoms with E-state index in [4.69, 9.17) is 0 Å². The second-order valence-electron chi connectivity index (χ2n) is 4.23. The van der Waals surface area contributed by atoms with Crippen molar-refractivity contribution < 1.29 is 4.79 Å². The molecule has 0 aromatic heterocycles. The van der Waals surface area contributed by atoms with E-state index in [2.05, 4.69) is 17.2 Å². The van der Waals surface area contributed by atoms with E-state index < -0.39 is 0 Å². The third-order valence-electron chi connectivity index (χ3n) is 2.75. The highest BCUT2D eigenvalue weighted by atomic mass is 16.1. The fraction of sp³-hybridized carbons (Fsp3) is 0.118. The van der Waals surface area contributed by atoms with Crippen molar-refractivity contribution in [3.05, 3.63) is 71.3 Å². The standard InChI is InChI=1S/C17H15NO/c1-14-7-5-6-10-16(14)11-12-17(19)18-13-15-8-3-2-4-9-15/h2-10H,13H2,1H3,(H,18,19). The number of nitrogens with one attached hydrogen (secondary N) is 1. The van der Waals surface area contributed by atoms with Gasteiger partial charge in [-0.3, -0.25) is 4.79 Å². The minimum absolute atomic E-state index is 0.257. The molecule has 2 rings (SSSR count). The molecule has 2 heteroatoms. The van der Waals surface area contributed by atoms with E-state index in [-0.39, 0.29) is 5.91 Å². The van der Waals surface area contributed by atoms with Crippen LogP contribution in [0.5, 0.6) is 0 Å². The maximum Gasteiger partial charge on any atom is 0.296 e. The molecule has 0 radical (unpaired) electrons. The lowest BCUT2D eigenvalue weighted by molar-refractivity contribution is -0.115. The maximum atomic E-state index is 11.6. The number of carbonyl (C=O) groups excluding carboxylic acids is 1. The summed E-state index contributed by atoms with van der Waals surface area (Å²) in [5.41, 5.74) is 3.02. The van der Waals surface area contributed by atoms with Gasteiger partial charge in [0.25, 0.3) is 5.91 Å². The van der Waals surface area contributed by atoms with Crippen molar-refractivity contribution in [3.63, 3.8) is 0 Å². The molecule has 0 aliphatic carbocycles. The molecule has 0 atom stereocenters. The zero-order chi connectivity index (χ0) is 13.5. The predicted octanol–water partition coefficient (Wildman–Crippen LogP) is 2.66. The summed E-state index contributed by atoms with van der Waals surface area (Å²) >= 11 is 0. The summed E-state index contributed by atoms with van der Waals surface area (Å²) in [5, 5.41) is 2.78. The highest BCUT2D eigenvalue weighted by molar-refractivity contribution is 5.94. The molecule has 1 amide bonds. The third-order valence-corrected chi connectivity index (χ3v) is 2.75. The van der Waals surface area contributed by atoms with Gasteiger partial charge >= 0.3 is 0 Å². The zero-order valence-electron chi connectivity index (χ0n) is 10.8. The van der Waals surface area contributed by atoms with E-state index in [9.17, 15) is 4.79 Å². The van der Waals surface area contributed by atoms with Gasteiger partial charge < -0.3 is 5.32 Å². The van der Waals surface area contributed by atoms with Gasteiger partial charge in [0, 0.05) is 18.0 Å². The monoisotopic (exact) mass is 249 g/mol. The second kappa shape index (κ2) is 6.42. The Morgan fingerprint density at radius 1 is 1.05 bits per heavy atom. The molecule has 1 N–H and O–H groups in total. The van der Waals surface area contributed by atoms with E-state index >= 15 is 0 Å². The van der Waals surface area contributed by atoms with Gasteiger partial charge in [0.1, 0.15) is 0 Å². The summed E-state index contributed by atoms with van der Waals surface area (Å²) in [6.45, 7) is 2.48. The van der Waals surface area contributed by atoms with Crippen molar-refractivity contribution in [2.45, 2.75) is 13.5 Å². The summed E-state index contributed by atoms with van der Waals surface area (Å²) in [6, 6.07) is 17.5. The van der Waals surface area contributed by atoms with Crippen LogP contribution in [0.3, 0.4) is 0 Å². The number of benzene rings is 2. The summed E-state index contributed by atoms with van der Waals surface area (Å²) in [4.78, 5) is 11.6. The number of carbonyl (C=O) groups is 1. The van der Waals surface area contributed by atoms with Gasteiger partial charge in [-0.1, -0.05) is 54.5 Å². The molecule has 0 spiro atoms. The number of rotatable bonds is 2. The van der Waals surface area contributed by atoms with Crippen LogP contribution in [-0.2, 0) is 11.3 Å². The second-order valence-corrected chi connectivity index (χ2v) is 4.23. The lowest BCUT2D eigenvalue weighted by atomic mass is 10.1. The molecule has 19 heavy (non-hydrogen) atoms. The van der Waals surface area contributed by atoms with E-state index in [1.165, 1.54) is 0 Å². The Bertz CT molecular complexity index is 620. The SMILES string of the molecule is Cc1ccccc1C#CC(=O)NCc1ccccc1. The highest BCUT2D eigenvalue weighted by Crippen LogP contribution is 2.04. The molecular formula is C17H15NO. The van der Waals surface area contributed by atoms with Gasteiger partial charge in [0.05, 0.1) is 0 Å². The molecule has 2 nitrogen and oxygen atoms in total. The first-order chi connectivity index (χ1) is 9.25. The first-order valence-electron chi connectivity index (χ1n) is 6.15. The van der Waals surface area contributed by atoms with Crippen LogP contribution in [0.1, 0.15) is 16.7 Å². The molecule has 94 valence electrons. The number of amides is 1. The number of hydrogen-bond acceptors (Lipinski definition) is 1. The lowest BCUT2D eigenvalue weighted by Gasteiger charge is -2.00. The fourth-order valence-electron chi connectivity index (χ4n) is 1.66. The van der Waals surface area contributed by atoms with Crippen LogP contribution in [-0.4, -0.2) is 5.91 Å². The van der Waals surface area contributed by atoms with Crippen molar-refractivity contribution in [2.24, 2.45) is 0 Å². The summed E-state index contributed by atoms with van der Waals surface area (Å²) < 4.78 is 0. The maximum absolute atomic E-state index is 11.6. The van der Waals surface area contributed by atoms with Crippen molar-refractivity contribution in [3.8, 4) is 11.8 Å². The molecule has 2 aromatic rings.